The molecular formula is C15H15F4N3O3S. The van der Waals surface area contributed by atoms with E-state index in [2.05, 4.69) is 10.2 Å². The Balaban J connectivity index is 2.40. The minimum Gasteiger partial charge on any atom is -0.508 e. The lowest BCUT2D eigenvalue weighted by Crippen LogP contribution is -2.57. The highest BCUT2D eigenvalue weighted by molar-refractivity contribution is 7.13. The predicted molar refractivity (Wildman–Crippen MR) is 85.3 cm³/mol. The first-order chi connectivity index (χ1) is 11.9. The van der Waals surface area contributed by atoms with Crippen LogP contribution in [-0.2, 0) is 10.2 Å². The van der Waals surface area contributed by atoms with Crippen LogP contribution in [-0.4, -0.2) is 38.1 Å². The lowest BCUT2D eigenvalue weighted by molar-refractivity contribution is -0.254. The van der Waals surface area contributed by atoms with Crippen molar-refractivity contribution in [2.75, 3.05) is 5.32 Å². The standard InChI is InChI=1S/C15H15F4N3O3S/c1-13(2,9-5-8(16)3-4-10(9)23)6-14(25,15(17,18)19)11(24)21-12-22-20-7-26-12/h3-5,7,23,25H,6H2,1-2H3,(H,21,22,24). The summed E-state index contributed by atoms with van der Waals surface area (Å²) in [7, 11) is 0. The van der Waals surface area contributed by atoms with Crippen LogP contribution in [0, 0.1) is 5.82 Å². The second kappa shape index (κ2) is 6.80. The van der Waals surface area contributed by atoms with Gasteiger partial charge in [0.15, 0.2) is 0 Å². The first-order valence-corrected chi connectivity index (χ1v) is 8.10. The van der Waals surface area contributed by atoms with Gasteiger partial charge in [-0.1, -0.05) is 25.2 Å². The van der Waals surface area contributed by atoms with E-state index in [1.165, 1.54) is 19.4 Å². The zero-order valence-electron chi connectivity index (χ0n) is 13.6. The smallest absolute Gasteiger partial charge is 0.426 e. The molecule has 1 amide bonds. The lowest BCUT2D eigenvalue weighted by atomic mass is 9.74. The summed E-state index contributed by atoms with van der Waals surface area (Å²) in [5.74, 6) is -2.98. The van der Waals surface area contributed by atoms with Gasteiger partial charge in [0, 0.05) is 12.0 Å². The molecule has 0 saturated carbocycles. The number of aromatic nitrogens is 2. The number of alkyl halides is 3. The maximum Gasteiger partial charge on any atom is 0.426 e. The summed E-state index contributed by atoms with van der Waals surface area (Å²) in [4.78, 5) is 12.2. The van der Waals surface area contributed by atoms with Gasteiger partial charge in [0.05, 0.1) is 0 Å². The predicted octanol–water partition coefficient (Wildman–Crippen LogP) is 2.98. The minimum atomic E-state index is -5.33. The summed E-state index contributed by atoms with van der Waals surface area (Å²) in [6.45, 7) is 2.49. The number of rotatable bonds is 5. The second-order valence-electron chi connectivity index (χ2n) is 6.28. The van der Waals surface area contributed by atoms with Crippen molar-refractivity contribution in [1.29, 1.82) is 0 Å². The molecule has 2 aromatic rings. The van der Waals surface area contributed by atoms with Crippen LogP contribution < -0.4 is 5.32 Å². The summed E-state index contributed by atoms with van der Waals surface area (Å²) < 4.78 is 54.1. The molecule has 1 aromatic heterocycles. The van der Waals surface area contributed by atoms with Gasteiger partial charge in [-0.3, -0.25) is 10.1 Å². The fourth-order valence-electron chi connectivity index (χ4n) is 2.52. The molecule has 0 saturated heterocycles. The number of carbonyl (C=O) groups excluding carboxylic acids is 1. The molecule has 1 atom stereocenters. The van der Waals surface area contributed by atoms with Crippen molar-refractivity contribution in [3.05, 3.63) is 35.1 Å². The Kier molecular flexibility index (Phi) is 5.24. The van der Waals surface area contributed by atoms with Crippen molar-refractivity contribution in [2.45, 2.75) is 37.5 Å². The average Bonchev–Trinajstić information content (AvgIpc) is 3.00. The summed E-state index contributed by atoms with van der Waals surface area (Å²) in [6.07, 6.45) is -6.49. The maximum absolute atomic E-state index is 13.5. The SMILES string of the molecule is CC(C)(CC(O)(C(=O)Nc1nncs1)C(F)(F)F)c1cc(F)ccc1O. The number of hydrogen-bond donors (Lipinski definition) is 3. The van der Waals surface area contributed by atoms with E-state index in [4.69, 9.17) is 0 Å². The average molecular weight is 393 g/mol. The number of carbonyl (C=O) groups is 1. The van der Waals surface area contributed by atoms with E-state index in [0.717, 1.165) is 29.5 Å². The van der Waals surface area contributed by atoms with E-state index in [1.807, 2.05) is 5.32 Å². The molecule has 11 heteroatoms. The number of phenols is 1. The minimum absolute atomic E-state index is 0.177. The molecule has 6 nitrogen and oxygen atoms in total. The number of nitrogens with zero attached hydrogens (tertiary/aromatic N) is 2. The summed E-state index contributed by atoms with van der Waals surface area (Å²) in [6, 6.07) is 2.78. The Bertz CT molecular complexity index is 796. The topological polar surface area (TPSA) is 95.3 Å². The maximum atomic E-state index is 13.5. The zero-order valence-corrected chi connectivity index (χ0v) is 14.5. The molecule has 142 valence electrons. The number of hydrogen-bond acceptors (Lipinski definition) is 6. The quantitative estimate of drug-likeness (QED) is 0.679. The van der Waals surface area contributed by atoms with Crippen molar-refractivity contribution in [3.63, 3.8) is 0 Å². The van der Waals surface area contributed by atoms with Crippen LogP contribution in [0.25, 0.3) is 0 Å². The number of benzene rings is 1. The third-order valence-corrected chi connectivity index (χ3v) is 4.42. The van der Waals surface area contributed by atoms with Crippen molar-refractivity contribution in [1.82, 2.24) is 10.2 Å². The van der Waals surface area contributed by atoms with E-state index in [0.29, 0.717) is 0 Å². The molecule has 2 rings (SSSR count). The molecule has 0 spiro atoms. The van der Waals surface area contributed by atoms with Crippen LogP contribution in [0.15, 0.2) is 23.7 Å². The van der Waals surface area contributed by atoms with Crippen molar-refractivity contribution >= 4 is 22.4 Å². The Morgan fingerprint density at radius 3 is 2.50 bits per heavy atom. The second-order valence-corrected chi connectivity index (χ2v) is 7.11. The van der Waals surface area contributed by atoms with E-state index in [-0.39, 0.29) is 10.7 Å². The highest BCUT2D eigenvalue weighted by Crippen LogP contribution is 2.44. The number of aliphatic hydroxyl groups is 1. The highest BCUT2D eigenvalue weighted by Gasteiger charge is 2.61. The number of amides is 1. The van der Waals surface area contributed by atoms with Crippen molar-refractivity contribution in [2.24, 2.45) is 0 Å². The van der Waals surface area contributed by atoms with E-state index in [9.17, 15) is 32.6 Å². The monoisotopic (exact) mass is 393 g/mol. The number of halogens is 4. The Hall–Kier alpha value is -2.27. The fourth-order valence-corrected chi connectivity index (χ4v) is 2.96. The molecule has 0 aliphatic rings. The van der Waals surface area contributed by atoms with E-state index in [1.54, 1.807) is 0 Å². The van der Waals surface area contributed by atoms with Gasteiger partial charge in [0.25, 0.3) is 5.91 Å². The molecule has 0 radical (unpaired) electrons. The summed E-state index contributed by atoms with van der Waals surface area (Å²) in [5.41, 5.74) is -4.39. The Morgan fingerprint density at radius 1 is 1.31 bits per heavy atom. The van der Waals surface area contributed by atoms with Gasteiger partial charge in [-0.15, -0.1) is 10.2 Å². The highest BCUT2D eigenvalue weighted by atomic mass is 32.1. The van der Waals surface area contributed by atoms with Crippen molar-refractivity contribution < 1.29 is 32.6 Å². The van der Waals surface area contributed by atoms with Gasteiger partial charge in [0.2, 0.25) is 10.7 Å². The van der Waals surface area contributed by atoms with Gasteiger partial charge in [0.1, 0.15) is 17.1 Å². The normalized spacial score (nSPS) is 14.7. The number of phenolic OH excluding ortho intramolecular Hbond substituents is 1. The third-order valence-electron chi connectivity index (χ3n) is 3.81. The molecule has 0 aliphatic carbocycles. The summed E-state index contributed by atoms with van der Waals surface area (Å²) >= 11 is 0.775. The van der Waals surface area contributed by atoms with Crippen LogP contribution in [0.5, 0.6) is 5.75 Å². The van der Waals surface area contributed by atoms with Crippen molar-refractivity contribution in [3.8, 4) is 5.75 Å². The van der Waals surface area contributed by atoms with E-state index < -0.39 is 41.1 Å². The van der Waals surface area contributed by atoms with Crippen LogP contribution in [0.1, 0.15) is 25.8 Å². The molecule has 26 heavy (non-hydrogen) atoms. The first-order valence-electron chi connectivity index (χ1n) is 7.22. The molecule has 0 fully saturated rings. The van der Waals surface area contributed by atoms with Gasteiger partial charge in [-0.05, 0) is 23.6 Å². The number of nitrogens with one attached hydrogen (secondary N) is 1. The Morgan fingerprint density at radius 2 is 1.96 bits per heavy atom. The van der Waals surface area contributed by atoms with Gasteiger partial charge >= 0.3 is 6.18 Å². The molecule has 1 aromatic carbocycles. The van der Waals surface area contributed by atoms with Gasteiger partial charge in [-0.25, -0.2) is 4.39 Å². The lowest BCUT2D eigenvalue weighted by Gasteiger charge is -2.36. The molecule has 1 unspecified atom stereocenters. The molecule has 0 bridgehead atoms. The van der Waals surface area contributed by atoms with Crippen LogP contribution >= 0.6 is 11.3 Å². The molecule has 1 heterocycles. The largest absolute Gasteiger partial charge is 0.508 e. The number of anilines is 1. The van der Waals surface area contributed by atoms with Gasteiger partial charge in [-0.2, -0.15) is 13.2 Å². The molecule has 3 N–H and O–H groups in total. The molecular weight excluding hydrogens is 378 g/mol. The summed E-state index contributed by atoms with van der Waals surface area (Å²) in [5, 5.41) is 28.5. The third kappa shape index (κ3) is 3.93. The van der Waals surface area contributed by atoms with Gasteiger partial charge < -0.3 is 10.2 Å². The zero-order chi connectivity index (χ0) is 19.8. The van der Waals surface area contributed by atoms with Crippen LogP contribution in [0.4, 0.5) is 22.7 Å². The van der Waals surface area contributed by atoms with Crippen LogP contribution in [0.2, 0.25) is 0 Å². The van der Waals surface area contributed by atoms with E-state index >= 15 is 0 Å². The van der Waals surface area contributed by atoms with Crippen LogP contribution in [0.3, 0.4) is 0 Å². The Labute approximate surface area is 149 Å². The number of aromatic hydroxyl groups is 1. The molecule has 0 aliphatic heterocycles. The fraction of sp³-hybridized carbons (Fsp3) is 0.400. The first kappa shape index (κ1) is 20.0.